The number of rotatable bonds is 1. The molecule has 2 nitrogen and oxygen atoms in total. The highest BCUT2D eigenvalue weighted by Gasteiger charge is 2.52. The maximum Gasteiger partial charge on any atom is 0.303 e. The van der Waals surface area contributed by atoms with Crippen molar-refractivity contribution in [1.82, 2.24) is 0 Å². The van der Waals surface area contributed by atoms with Crippen LogP contribution in [0.1, 0.15) is 45.4 Å². The second-order valence-corrected chi connectivity index (χ2v) is 5.69. The first-order valence-corrected chi connectivity index (χ1v) is 5.85. The van der Waals surface area contributed by atoms with Crippen molar-refractivity contribution in [3.05, 3.63) is 0 Å². The van der Waals surface area contributed by atoms with E-state index < -0.39 is 0 Å². The molecular formula is C12H18O2. The molecule has 4 bridgehead atoms. The zero-order valence-corrected chi connectivity index (χ0v) is 8.79. The molecule has 4 rings (SSSR count). The van der Waals surface area contributed by atoms with E-state index in [-0.39, 0.29) is 11.6 Å². The molecule has 0 amide bonds. The SMILES string of the molecule is CC(=O)OC12CC3CC(CC(C3)C1)C2. The van der Waals surface area contributed by atoms with E-state index in [0.29, 0.717) is 0 Å². The highest BCUT2D eigenvalue weighted by molar-refractivity contribution is 5.66. The molecule has 0 aromatic carbocycles. The van der Waals surface area contributed by atoms with E-state index in [2.05, 4.69) is 0 Å². The average molecular weight is 194 g/mol. The molecule has 0 aliphatic heterocycles. The van der Waals surface area contributed by atoms with E-state index in [1.165, 1.54) is 19.3 Å². The number of hydrogen-bond donors (Lipinski definition) is 0. The van der Waals surface area contributed by atoms with Crippen molar-refractivity contribution in [3.63, 3.8) is 0 Å². The van der Waals surface area contributed by atoms with Crippen molar-refractivity contribution < 1.29 is 9.53 Å². The van der Waals surface area contributed by atoms with Crippen LogP contribution in [0, 0.1) is 17.8 Å². The Morgan fingerprint density at radius 3 is 1.86 bits per heavy atom. The highest BCUT2D eigenvalue weighted by Crippen LogP contribution is 2.57. The Hall–Kier alpha value is -0.530. The molecule has 78 valence electrons. The van der Waals surface area contributed by atoms with Gasteiger partial charge >= 0.3 is 5.97 Å². The molecule has 0 unspecified atom stereocenters. The smallest absolute Gasteiger partial charge is 0.303 e. The lowest BCUT2D eigenvalue weighted by Crippen LogP contribution is -2.52. The minimum absolute atomic E-state index is 0.0272. The second kappa shape index (κ2) is 2.74. The zero-order chi connectivity index (χ0) is 9.76. The lowest BCUT2D eigenvalue weighted by Gasteiger charge is -2.55. The quantitative estimate of drug-likeness (QED) is 0.599. The summed E-state index contributed by atoms with van der Waals surface area (Å²) >= 11 is 0. The van der Waals surface area contributed by atoms with Gasteiger partial charge in [0.1, 0.15) is 5.60 Å². The Labute approximate surface area is 85.0 Å². The third kappa shape index (κ3) is 1.27. The summed E-state index contributed by atoms with van der Waals surface area (Å²) in [6.45, 7) is 1.55. The summed E-state index contributed by atoms with van der Waals surface area (Å²) in [5, 5.41) is 0. The maximum absolute atomic E-state index is 11.1. The molecule has 2 heteroatoms. The first-order chi connectivity index (χ1) is 6.65. The van der Waals surface area contributed by atoms with Gasteiger partial charge in [-0.1, -0.05) is 0 Å². The molecule has 0 saturated heterocycles. The molecule has 4 aliphatic carbocycles. The van der Waals surface area contributed by atoms with Gasteiger partial charge in [-0.05, 0) is 56.3 Å². The molecule has 0 radical (unpaired) electrons. The van der Waals surface area contributed by atoms with Crippen molar-refractivity contribution in [2.75, 3.05) is 0 Å². The van der Waals surface area contributed by atoms with Gasteiger partial charge < -0.3 is 4.74 Å². The van der Waals surface area contributed by atoms with Crippen molar-refractivity contribution in [3.8, 4) is 0 Å². The molecular weight excluding hydrogens is 176 g/mol. The lowest BCUT2D eigenvalue weighted by atomic mass is 9.54. The second-order valence-electron chi connectivity index (χ2n) is 5.69. The van der Waals surface area contributed by atoms with Crippen molar-refractivity contribution in [2.24, 2.45) is 17.8 Å². The molecule has 4 fully saturated rings. The van der Waals surface area contributed by atoms with Gasteiger partial charge in [-0.15, -0.1) is 0 Å². The Morgan fingerprint density at radius 1 is 1.07 bits per heavy atom. The van der Waals surface area contributed by atoms with E-state index in [1.807, 2.05) is 0 Å². The van der Waals surface area contributed by atoms with Crippen molar-refractivity contribution in [2.45, 2.75) is 51.0 Å². The third-order valence-electron chi connectivity index (χ3n) is 4.34. The average Bonchev–Trinajstić information content (AvgIpc) is 1.96. The topological polar surface area (TPSA) is 26.3 Å². The van der Waals surface area contributed by atoms with Gasteiger partial charge in [-0.25, -0.2) is 0 Å². The minimum atomic E-state index is -0.0769. The van der Waals surface area contributed by atoms with Crippen LogP contribution in [0.25, 0.3) is 0 Å². The summed E-state index contributed by atoms with van der Waals surface area (Å²) in [5.41, 5.74) is -0.0272. The molecule has 0 atom stereocenters. The Bertz CT molecular complexity index is 234. The van der Waals surface area contributed by atoms with Crippen LogP contribution in [0.4, 0.5) is 0 Å². The van der Waals surface area contributed by atoms with E-state index in [0.717, 1.165) is 37.0 Å². The fourth-order valence-electron chi connectivity index (χ4n) is 4.46. The van der Waals surface area contributed by atoms with Gasteiger partial charge in [-0.2, -0.15) is 0 Å². The third-order valence-corrected chi connectivity index (χ3v) is 4.34. The van der Waals surface area contributed by atoms with Crippen LogP contribution in [0.3, 0.4) is 0 Å². The number of ether oxygens (including phenoxy) is 1. The van der Waals surface area contributed by atoms with Crippen molar-refractivity contribution >= 4 is 5.97 Å². The summed E-state index contributed by atoms with van der Waals surface area (Å²) in [4.78, 5) is 11.1. The summed E-state index contributed by atoms with van der Waals surface area (Å²) in [6, 6.07) is 0. The molecule has 0 spiro atoms. The van der Waals surface area contributed by atoms with E-state index in [9.17, 15) is 4.79 Å². The van der Waals surface area contributed by atoms with Gasteiger partial charge in [0.2, 0.25) is 0 Å². The fraction of sp³-hybridized carbons (Fsp3) is 0.917. The van der Waals surface area contributed by atoms with Gasteiger partial charge in [0.15, 0.2) is 0 Å². The molecule has 0 N–H and O–H groups in total. The number of hydrogen-bond acceptors (Lipinski definition) is 2. The minimum Gasteiger partial charge on any atom is -0.459 e. The van der Waals surface area contributed by atoms with Crippen LogP contribution >= 0.6 is 0 Å². The largest absolute Gasteiger partial charge is 0.459 e. The van der Waals surface area contributed by atoms with Crippen molar-refractivity contribution in [1.29, 1.82) is 0 Å². The van der Waals surface area contributed by atoms with Crippen LogP contribution in [0.5, 0.6) is 0 Å². The highest BCUT2D eigenvalue weighted by atomic mass is 16.6. The maximum atomic E-state index is 11.1. The standard InChI is InChI=1S/C12H18O2/c1-8(13)14-12-5-9-2-10(6-12)4-11(3-9)7-12/h9-11H,2-7H2,1H3. The van der Waals surface area contributed by atoms with Gasteiger partial charge in [0.25, 0.3) is 0 Å². The normalized spacial score (nSPS) is 49.4. The Kier molecular flexibility index (Phi) is 1.71. The zero-order valence-electron chi connectivity index (χ0n) is 8.79. The summed E-state index contributed by atoms with van der Waals surface area (Å²) in [5.74, 6) is 2.51. The fourth-order valence-corrected chi connectivity index (χ4v) is 4.46. The summed E-state index contributed by atoms with van der Waals surface area (Å²) in [6.07, 6.45) is 7.66. The van der Waals surface area contributed by atoms with Gasteiger partial charge in [-0.3, -0.25) is 4.79 Å². The number of carbonyl (C=O) groups is 1. The first-order valence-electron chi connectivity index (χ1n) is 5.85. The lowest BCUT2D eigenvalue weighted by molar-refractivity contribution is -0.184. The molecule has 0 aromatic rings. The van der Waals surface area contributed by atoms with Crippen LogP contribution < -0.4 is 0 Å². The molecule has 14 heavy (non-hydrogen) atoms. The first kappa shape index (κ1) is 8.75. The van der Waals surface area contributed by atoms with Gasteiger partial charge in [0.05, 0.1) is 0 Å². The van der Waals surface area contributed by atoms with E-state index >= 15 is 0 Å². The Balaban J connectivity index is 1.83. The van der Waals surface area contributed by atoms with Crippen LogP contribution in [0.15, 0.2) is 0 Å². The summed E-state index contributed by atoms with van der Waals surface area (Å²) in [7, 11) is 0. The van der Waals surface area contributed by atoms with Crippen LogP contribution in [-0.4, -0.2) is 11.6 Å². The predicted molar refractivity (Wildman–Crippen MR) is 52.7 cm³/mol. The molecule has 4 aliphatic rings. The molecule has 4 saturated carbocycles. The van der Waals surface area contributed by atoms with E-state index in [4.69, 9.17) is 4.74 Å². The predicted octanol–water partition coefficient (Wildman–Crippen LogP) is 2.52. The number of carbonyl (C=O) groups excluding carboxylic acids is 1. The number of esters is 1. The monoisotopic (exact) mass is 194 g/mol. The van der Waals surface area contributed by atoms with Gasteiger partial charge in [0, 0.05) is 6.92 Å². The van der Waals surface area contributed by atoms with E-state index in [1.54, 1.807) is 6.92 Å². The molecule has 0 aromatic heterocycles. The summed E-state index contributed by atoms with van der Waals surface area (Å²) < 4.78 is 5.61. The van der Waals surface area contributed by atoms with Crippen LogP contribution in [0.2, 0.25) is 0 Å². The molecule has 0 heterocycles. The van der Waals surface area contributed by atoms with Crippen LogP contribution in [-0.2, 0) is 9.53 Å². The Morgan fingerprint density at radius 2 is 1.50 bits per heavy atom.